The number of hydrogen-bond donors (Lipinski definition) is 2. The lowest BCUT2D eigenvalue weighted by Crippen LogP contribution is -2.21. The van der Waals surface area contributed by atoms with Crippen LogP contribution >= 0.6 is 11.3 Å². The fourth-order valence-electron chi connectivity index (χ4n) is 2.39. The number of amides is 1. The largest absolute Gasteiger partial charge is 0.489 e. The summed E-state index contributed by atoms with van der Waals surface area (Å²) in [5.74, 6) is -0.410. The number of carbonyl (C=O) groups is 2. The first-order chi connectivity index (χ1) is 14.6. The zero-order valence-electron chi connectivity index (χ0n) is 16.2. The van der Waals surface area contributed by atoms with Gasteiger partial charge >= 0.3 is 5.97 Å². The molecule has 3 aromatic rings. The van der Waals surface area contributed by atoms with Crippen molar-refractivity contribution < 1.29 is 19.1 Å². The topological polar surface area (TPSA) is 89.5 Å². The third-order valence-electron chi connectivity index (χ3n) is 3.83. The van der Waals surface area contributed by atoms with Gasteiger partial charge in [0.05, 0.1) is 0 Å². The van der Waals surface area contributed by atoms with Gasteiger partial charge in [0.15, 0.2) is 17.4 Å². The van der Waals surface area contributed by atoms with Crippen molar-refractivity contribution in [1.82, 2.24) is 4.98 Å². The Balaban J connectivity index is 1.42. The molecule has 0 unspecified atom stereocenters. The number of esters is 1. The number of aromatic nitrogens is 1. The van der Waals surface area contributed by atoms with Gasteiger partial charge in [0.25, 0.3) is 5.91 Å². The molecule has 1 amide bonds. The van der Waals surface area contributed by atoms with E-state index >= 15 is 0 Å². The minimum Gasteiger partial charge on any atom is -0.489 e. The molecule has 30 heavy (non-hydrogen) atoms. The van der Waals surface area contributed by atoms with Gasteiger partial charge in [0.2, 0.25) is 0 Å². The van der Waals surface area contributed by atoms with Crippen molar-refractivity contribution in [2.45, 2.75) is 6.61 Å². The van der Waals surface area contributed by atoms with E-state index in [4.69, 9.17) is 9.47 Å². The number of nitrogens with one attached hydrogen (secondary N) is 2. The third-order valence-corrected chi connectivity index (χ3v) is 4.63. The number of anilines is 2. The molecule has 0 fully saturated rings. The molecule has 0 radical (unpaired) electrons. The average molecular weight is 423 g/mol. The molecule has 8 heteroatoms. The van der Waals surface area contributed by atoms with Crippen LogP contribution in [0.5, 0.6) is 5.75 Å². The van der Waals surface area contributed by atoms with Crippen molar-refractivity contribution in [3.05, 3.63) is 83.9 Å². The minimum absolute atomic E-state index is 0.152. The van der Waals surface area contributed by atoms with Crippen molar-refractivity contribution in [2.24, 2.45) is 0 Å². The van der Waals surface area contributed by atoms with E-state index in [0.29, 0.717) is 29.7 Å². The van der Waals surface area contributed by atoms with Crippen molar-refractivity contribution in [1.29, 1.82) is 0 Å². The van der Waals surface area contributed by atoms with Crippen LogP contribution in [0.25, 0.3) is 0 Å². The molecule has 2 N–H and O–H groups in total. The highest BCUT2D eigenvalue weighted by Gasteiger charge is 2.14. The first-order valence-corrected chi connectivity index (χ1v) is 10.1. The van der Waals surface area contributed by atoms with E-state index in [1.54, 1.807) is 35.7 Å². The standard InChI is InChI=1S/C22H21N3O4S/c1-2-12-23-22-25-19(15-30-22)21(27)29-14-20(26)24-17-8-10-18(11-9-17)28-13-16-6-4-3-5-7-16/h2-11,15H,1,12-14H2,(H,23,25)(H,24,26). The van der Waals surface area contributed by atoms with E-state index in [1.807, 2.05) is 30.3 Å². The maximum atomic E-state index is 12.0. The van der Waals surface area contributed by atoms with Crippen LogP contribution < -0.4 is 15.4 Å². The summed E-state index contributed by atoms with van der Waals surface area (Å²) in [6.07, 6.45) is 1.69. The van der Waals surface area contributed by atoms with Gasteiger partial charge in [0.1, 0.15) is 12.4 Å². The minimum atomic E-state index is -0.655. The SMILES string of the molecule is C=CCNc1nc(C(=O)OCC(=O)Nc2ccc(OCc3ccccc3)cc2)cs1. The number of thiazole rings is 1. The van der Waals surface area contributed by atoms with E-state index in [0.717, 1.165) is 5.56 Å². The van der Waals surface area contributed by atoms with Gasteiger partial charge < -0.3 is 20.1 Å². The van der Waals surface area contributed by atoms with Gasteiger partial charge in [0, 0.05) is 17.6 Å². The second kappa shape index (κ2) is 10.8. The van der Waals surface area contributed by atoms with Crippen molar-refractivity contribution in [2.75, 3.05) is 23.8 Å². The van der Waals surface area contributed by atoms with Crippen LogP contribution in [0.2, 0.25) is 0 Å². The van der Waals surface area contributed by atoms with E-state index in [9.17, 15) is 9.59 Å². The van der Waals surface area contributed by atoms with Crippen LogP contribution in [0.4, 0.5) is 10.8 Å². The summed E-state index contributed by atoms with van der Waals surface area (Å²) in [5.41, 5.74) is 1.80. The van der Waals surface area contributed by atoms with E-state index < -0.39 is 18.5 Å². The highest BCUT2D eigenvalue weighted by Crippen LogP contribution is 2.18. The molecule has 0 bridgehead atoms. The van der Waals surface area contributed by atoms with Crippen LogP contribution in [-0.2, 0) is 16.1 Å². The van der Waals surface area contributed by atoms with Crippen LogP contribution in [-0.4, -0.2) is 30.0 Å². The van der Waals surface area contributed by atoms with Gasteiger partial charge in [-0.3, -0.25) is 4.79 Å². The molecule has 0 aliphatic carbocycles. The Morgan fingerprint density at radius 2 is 1.87 bits per heavy atom. The first-order valence-electron chi connectivity index (χ1n) is 9.18. The molecular weight excluding hydrogens is 402 g/mol. The molecule has 0 aliphatic heterocycles. The van der Waals surface area contributed by atoms with Crippen LogP contribution in [0.15, 0.2) is 72.6 Å². The van der Waals surface area contributed by atoms with Gasteiger partial charge in [-0.05, 0) is 29.8 Å². The zero-order valence-corrected chi connectivity index (χ0v) is 17.0. The van der Waals surface area contributed by atoms with Crippen LogP contribution in [0.3, 0.4) is 0 Å². The monoisotopic (exact) mass is 423 g/mol. The maximum absolute atomic E-state index is 12.0. The summed E-state index contributed by atoms with van der Waals surface area (Å²) < 4.78 is 10.7. The fourth-order valence-corrected chi connectivity index (χ4v) is 3.08. The Kier molecular flexibility index (Phi) is 7.57. The van der Waals surface area contributed by atoms with E-state index in [-0.39, 0.29) is 5.69 Å². The molecule has 0 saturated carbocycles. The summed E-state index contributed by atoms with van der Waals surface area (Å²) in [4.78, 5) is 28.1. The molecule has 1 heterocycles. The smallest absolute Gasteiger partial charge is 0.358 e. The molecular formula is C22H21N3O4S. The second-order valence-electron chi connectivity index (χ2n) is 6.13. The van der Waals surface area contributed by atoms with Crippen molar-refractivity contribution in [3.8, 4) is 5.75 Å². The molecule has 7 nitrogen and oxygen atoms in total. The quantitative estimate of drug-likeness (QED) is 0.377. The maximum Gasteiger partial charge on any atom is 0.358 e. The van der Waals surface area contributed by atoms with Gasteiger partial charge in [-0.25, -0.2) is 9.78 Å². The summed E-state index contributed by atoms with van der Waals surface area (Å²) in [7, 11) is 0. The lowest BCUT2D eigenvalue weighted by molar-refractivity contribution is -0.119. The normalized spacial score (nSPS) is 10.1. The average Bonchev–Trinajstić information content (AvgIpc) is 3.25. The van der Waals surface area contributed by atoms with E-state index in [1.165, 1.54) is 11.3 Å². The molecule has 0 spiro atoms. The van der Waals surface area contributed by atoms with Gasteiger partial charge in [-0.1, -0.05) is 36.4 Å². The van der Waals surface area contributed by atoms with Crippen molar-refractivity contribution >= 4 is 34.0 Å². The number of carbonyl (C=O) groups excluding carboxylic acids is 2. The summed E-state index contributed by atoms with van der Waals surface area (Å²) in [6, 6.07) is 16.8. The van der Waals surface area contributed by atoms with E-state index in [2.05, 4.69) is 22.2 Å². The van der Waals surface area contributed by atoms with Crippen LogP contribution in [0.1, 0.15) is 16.1 Å². The molecule has 2 aromatic carbocycles. The third kappa shape index (κ3) is 6.46. The molecule has 0 atom stereocenters. The van der Waals surface area contributed by atoms with Gasteiger partial charge in [-0.15, -0.1) is 17.9 Å². The molecule has 0 aliphatic rings. The van der Waals surface area contributed by atoms with Crippen LogP contribution in [0, 0.1) is 0 Å². The lowest BCUT2D eigenvalue weighted by Gasteiger charge is -2.09. The zero-order chi connectivity index (χ0) is 21.2. The predicted molar refractivity (Wildman–Crippen MR) is 117 cm³/mol. The molecule has 3 rings (SSSR count). The number of nitrogens with zero attached hydrogens (tertiary/aromatic N) is 1. The summed E-state index contributed by atoms with van der Waals surface area (Å²) in [5, 5.41) is 7.81. The summed E-state index contributed by atoms with van der Waals surface area (Å²) >= 11 is 1.28. The first kappa shape index (κ1) is 21.1. The highest BCUT2D eigenvalue weighted by molar-refractivity contribution is 7.13. The van der Waals surface area contributed by atoms with Crippen molar-refractivity contribution in [3.63, 3.8) is 0 Å². The molecule has 1 aromatic heterocycles. The Morgan fingerprint density at radius 1 is 1.10 bits per heavy atom. The second-order valence-corrected chi connectivity index (χ2v) is 6.99. The Hall–Kier alpha value is -3.65. The number of benzene rings is 2. The highest BCUT2D eigenvalue weighted by atomic mass is 32.1. The fraction of sp³-hybridized carbons (Fsp3) is 0.136. The lowest BCUT2D eigenvalue weighted by atomic mass is 10.2. The molecule has 154 valence electrons. The Morgan fingerprint density at radius 3 is 2.60 bits per heavy atom. The number of ether oxygens (including phenoxy) is 2. The summed E-state index contributed by atoms with van der Waals surface area (Å²) in [6.45, 7) is 4.20. The molecule has 0 saturated heterocycles. The van der Waals surface area contributed by atoms with Gasteiger partial charge in [-0.2, -0.15) is 0 Å². The predicted octanol–water partition coefficient (Wildman–Crippen LogP) is 4.12. The number of rotatable bonds is 10. The number of hydrogen-bond acceptors (Lipinski definition) is 7. The Bertz CT molecular complexity index is 987. The Labute approximate surface area is 178 Å².